The van der Waals surface area contributed by atoms with E-state index in [-0.39, 0.29) is 0 Å². The summed E-state index contributed by atoms with van der Waals surface area (Å²) < 4.78 is 5.43. The number of aryl methyl sites for hydroxylation is 1. The Kier molecular flexibility index (Phi) is 2.41. The highest BCUT2D eigenvalue weighted by Crippen LogP contribution is 2.25. The fraction of sp³-hybridized carbons (Fsp3) is 0.0714. The summed E-state index contributed by atoms with van der Waals surface area (Å²) in [5, 5.41) is 3.27. The molecule has 0 unspecified atom stereocenters. The number of anilines is 3. The number of oxazole rings is 1. The van der Waals surface area contributed by atoms with Gasteiger partial charge in [0.25, 0.3) is 0 Å². The number of nitrogen functional groups attached to an aromatic ring is 1. The van der Waals surface area contributed by atoms with Crippen molar-refractivity contribution in [3.8, 4) is 0 Å². The van der Waals surface area contributed by atoms with Gasteiger partial charge in [0.1, 0.15) is 5.52 Å². The van der Waals surface area contributed by atoms with E-state index in [1.165, 1.54) is 0 Å². The predicted octanol–water partition coefficient (Wildman–Crippen LogP) is 3.46. The van der Waals surface area contributed by atoms with E-state index in [2.05, 4.69) is 10.3 Å². The molecule has 0 aliphatic carbocycles. The highest BCUT2D eigenvalue weighted by Gasteiger charge is 2.04. The summed E-state index contributed by atoms with van der Waals surface area (Å²) in [4.78, 5) is 4.30. The van der Waals surface area contributed by atoms with Crippen LogP contribution in [0.2, 0.25) is 0 Å². The molecule has 0 fully saturated rings. The van der Waals surface area contributed by atoms with Crippen molar-refractivity contribution in [2.75, 3.05) is 11.1 Å². The van der Waals surface area contributed by atoms with Gasteiger partial charge in [-0.1, -0.05) is 12.1 Å². The Bertz CT molecular complexity index is 703. The Morgan fingerprint density at radius 1 is 1.17 bits per heavy atom. The first-order valence-electron chi connectivity index (χ1n) is 5.71. The second-order valence-corrected chi connectivity index (χ2v) is 4.13. The van der Waals surface area contributed by atoms with Gasteiger partial charge >= 0.3 is 0 Å². The molecule has 0 spiro atoms. The molecule has 4 heteroatoms. The molecule has 4 nitrogen and oxygen atoms in total. The van der Waals surface area contributed by atoms with Gasteiger partial charge in [-0.25, -0.2) is 4.98 Å². The fourth-order valence-corrected chi connectivity index (χ4v) is 1.89. The van der Waals surface area contributed by atoms with Crippen LogP contribution in [-0.4, -0.2) is 4.98 Å². The molecule has 1 aromatic heterocycles. The second-order valence-electron chi connectivity index (χ2n) is 4.13. The molecule has 0 saturated carbocycles. The van der Waals surface area contributed by atoms with Crippen LogP contribution in [0.25, 0.3) is 11.1 Å². The summed E-state index contributed by atoms with van der Waals surface area (Å²) in [6.07, 6.45) is 0. The number of hydrogen-bond acceptors (Lipinski definition) is 4. The van der Waals surface area contributed by atoms with Gasteiger partial charge in [-0.05, 0) is 30.3 Å². The highest BCUT2D eigenvalue weighted by molar-refractivity contribution is 5.80. The summed E-state index contributed by atoms with van der Waals surface area (Å²) in [6.45, 7) is 1.84. The Morgan fingerprint density at radius 2 is 2.00 bits per heavy atom. The molecule has 0 radical (unpaired) electrons. The summed E-state index contributed by atoms with van der Waals surface area (Å²) >= 11 is 0. The molecule has 0 saturated heterocycles. The van der Waals surface area contributed by atoms with Gasteiger partial charge in [0.2, 0.25) is 0 Å². The zero-order valence-electron chi connectivity index (χ0n) is 9.97. The first-order chi connectivity index (χ1) is 8.72. The maximum Gasteiger partial charge on any atom is 0.192 e. The van der Waals surface area contributed by atoms with Crippen LogP contribution in [0.1, 0.15) is 5.89 Å². The van der Waals surface area contributed by atoms with E-state index in [9.17, 15) is 0 Å². The standard InChI is InChI=1S/C14H13N3O/c1-9-16-13-8-10(6-7-14(13)18-9)17-12-5-3-2-4-11(12)15/h2-8,17H,15H2,1H3. The quantitative estimate of drug-likeness (QED) is 0.672. The van der Waals surface area contributed by atoms with Gasteiger partial charge in [-0.15, -0.1) is 0 Å². The number of rotatable bonds is 2. The zero-order valence-corrected chi connectivity index (χ0v) is 9.97. The number of para-hydroxylation sites is 2. The molecule has 0 aliphatic rings. The van der Waals surface area contributed by atoms with E-state index >= 15 is 0 Å². The smallest absolute Gasteiger partial charge is 0.192 e. The minimum Gasteiger partial charge on any atom is -0.441 e. The fourth-order valence-electron chi connectivity index (χ4n) is 1.89. The van der Waals surface area contributed by atoms with Crippen LogP contribution < -0.4 is 11.1 Å². The van der Waals surface area contributed by atoms with Crippen LogP contribution in [-0.2, 0) is 0 Å². The van der Waals surface area contributed by atoms with Crippen molar-refractivity contribution in [1.82, 2.24) is 4.98 Å². The van der Waals surface area contributed by atoms with Crippen LogP contribution in [0.4, 0.5) is 17.1 Å². The van der Waals surface area contributed by atoms with Gasteiger partial charge in [0, 0.05) is 12.6 Å². The minimum atomic E-state index is 0.668. The number of aromatic nitrogens is 1. The average molecular weight is 239 g/mol. The summed E-state index contributed by atoms with van der Waals surface area (Å²) in [5.74, 6) is 0.668. The van der Waals surface area contributed by atoms with Crippen molar-refractivity contribution in [2.24, 2.45) is 0 Å². The first kappa shape index (κ1) is 10.7. The molecule has 0 amide bonds. The lowest BCUT2D eigenvalue weighted by atomic mass is 10.2. The predicted molar refractivity (Wildman–Crippen MR) is 72.9 cm³/mol. The second kappa shape index (κ2) is 4.07. The van der Waals surface area contributed by atoms with Crippen LogP contribution in [0.3, 0.4) is 0 Å². The Morgan fingerprint density at radius 3 is 2.83 bits per heavy atom. The summed E-state index contributed by atoms with van der Waals surface area (Å²) in [6, 6.07) is 13.4. The van der Waals surface area contributed by atoms with Gasteiger partial charge < -0.3 is 15.5 Å². The third kappa shape index (κ3) is 1.88. The van der Waals surface area contributed by atoms with Crippen molar-refractivity contribution in [3.05, 3.63) is 48.4 Å². The van der Waals surface area contributed by atoms with E-state index < -0.39 is 0 Å². The molecule has 0 aliphatic heterocycles. The van der Waals surface area contributed by atoms with E-state index in [0.717, 1.165) is 22.5 Å². The lowest BCUT2D eigenvalue weighted by Gasteiger charge is -2.08. The van der Waals surface area contributed by atoms with E-state index in [1.54, 1.807) is 0 Å². The van der Waals surface area contributed by atoms with Gasteiger partial charge in [0.05, 0.1) is 11.4 Å². The van der Waals surface area contributed by atoms with Crippen molar-refractivity contribution >= 4 is 28.2 Å². The van der Waals surface area contributed by atoms with Crippen molar-refractivity contribution in [2.45, 2.75) is 6.92 Å². The number of benzene rings is 2. The molecule has 18 heavy (non-hydrogen) atoms. The van der Waals surface area contributed by atoms with E-state index in [4.69, 9.17) is 10.2 Å². The molecular weight excluding hydrogens is 226 g/mol. The van der Waals surface area contributed by atoms with E-state index in [1.807, 2.05) is 49.4 Å². The number of nitrogens with one attached hydrogen (secondary N) is 1. The molecule has 2 aromatic carbocycles. The first-order valence-corrected chi connectivity index (χ1v) is 5.71. The maximum absolute atomic E-state index is 5.89. The largest absolute Gasteiger partial charge is 0.441 e. The highest BCUT2D eigenvalue weighted by atomic mass is 16.3. The van der Waals surface area contributed by atoms with E-state index in [0.29, 0.717) is 11.6 Å². The molecule has 3 aromatic rings. The monoisotopic (exact) mass is 239 g/mol. The normalized spacial score (nSPS) is 10.7. The molecular formula is C14H13N3O. The molecule has 3 rings (SSSR count). The molecule has 3 N–H and O–H groups in total. The Balaban J connectivity index is 1.97. The lowest BCUT2D eigenvalue weighted by molar-refractivity contribution is 0.561. The number of fused-ring (bicyclic) bond motifs is 1. The van der Waals surface area contributed by atoms with Crippen LogP contribution >= 0.6 is 0 Å². The van der Waals surface area contributed by atoms with Gasteiger partial charge in [-0.3, -0.25) is 0 Å². The van der Waals surface area contributed by atoms with Crippen molar-refractivity contribution < 1.29 is 4.42 Å². The van der Waals surface area contributed by atoms with Gasteiger partial charge in [0.15, 0.2) is 11.5 Å². The van der Waals surface area contributed by atoms with Crippen LogP contribution in [0.5, 0.6) is 0 Å². The molecule has 90 valence electrons. The van der Waals surface area contributed by atoms with Crippen LogP contribution in [0.15, 0.2) is 46.9 Å². The summed E-state index contributed by atoms with van der Waals surface area (Å²) in [5.41, 5.74) is 10.1. The SMILES string of the molecule is Cc1nc2cc(Nc3ccccc3N)ccc2o1. The average Bonchev–Trinajstić information content (AvgIpc) is 2.71. The minimum absolute atomic E-state index is 0.668. The van der Waals surface area contributed by atoms with Crippen LogP contribution in [0, 0.1) is 6.92 Å². The Labute approximate surface area is 104 Å². The van der Waals surface area contributed by atoms with Crippen molar-refractivity contribution in [3.63, 3.8) is 0 Å². The Hall–Kier alpha value is -2.49. The molecule has 1 heterocycles. The van der Waals surface area contributed by atoms with Gasteiger partial charge in [-0.2, -0.15) is 0 Å². The number of nitrogens with zero attached hydrogens (tertiary/aromatic N) is 1. The maximum atomic E-state index is 5.89. The molecule has 0 bridgehead atoms. The molecule has 0 atom stereocenters. The number of nitrogens with two attached hydrogens (primary N) is 1. The summed E-state index contributed by atoms with van der Waals surface area (Å²) in [7, 11) is 0. The third-order valence-electron chi connectivity index (χ3n) is 2.73. The third-order valence-corrected chi connectivity index (χ3v) is 2.73. The topological polar surface area (TPSA) is 64.1 Å². The lowest BCUT2D eigenvalue weighted by Crippen LogP contribution is -1.95. The zero-order chi connectivity index (χ0) is 12.5. The number of hydrogen-bond donors (Lipinski definition) is 2. The van der Waals surface area contributed by atoms with Crippen molar-refractivity contribution in [1.29, 1.82) is 0 Å².